The number of quaternary nitrogens is 1. The zero-order valence-corrected chi connectivity index (χ0v) is 60.2. The molecule has 1 N–H and O–H groups in total. The molecule has 9 nitrogen and oxygen atoms in total. The third-order valence-electron chi connectivity index (χ3n) is 14.4. The van der Waals surface area contributed by atoms with Crippen LogP contribution in [0, 0.1) is 0 Å². The van der Waals surface area contributed by atoms with Gasteiger partial charge >= 0.3 is 17.9 Å². The van der Waals surface area contributed by atoms with Gasteiger partial charge in [0.2, 0.25) is 0 Å². The molecule has 2 atom stereocenters. The van der Waals surface area contributed by atoms with Gasteiger partial charge < -0.3 is 28.5 Å². The molecule has 0 rings (SSSR count). The largest absolute Gasteiger partial charge is 0.477 e. The van der Waals surface area contributed by atoms with Crippen LogP contribution < -0.4 is 0 Å². The van der Waals surface area contributed by atoms with E-state index in [4.69, 9.17) is 18.9 Å². The van der Waals surface area contributed by atoms with Gasteiger partial charge in [-0.2, -0.15) is 0 Å². The standard InChI is InChI=1S/C86H131NO8/c1-6-8-10-12-14-16-18-20-22-24-26-28-30-32-34-36-37-38-39-40-41-42-43-44-45-46-47-49-51-53-55-57-59-61-63-65-67-69-71-73-75-77-84(89)95-82(81-94-86(85(90)91)92-79-78-87(3,4)5)80-93-83(88)76-74-72-70-68-66-64-62-60-58-56-54-52-50-48-35-33-31-29-27-25-23-21-19-17-15-13-11-9-7-2/h8-11,14-17,20-23,26-29,32-35,37-38,40-41,43-44,46-47,50-53,56,58,62,64,68,70,82,86H,6-7,12-13,18-19,24-25,30-31,36,39,42,45,48-49,54-55,57,59-61,63,65-67,69,71-81H2,1-5H3/p+1/b10-8-,11-9-,16-14-,17-15-,22-20-,23-21-,28-26-,29-27-,34-32-,35-33-,38-37-,41-40-,44-43-,47-46-,52-50-,53-51-,58-56-,64-62-,70-68-. The van der Waals surface area contributed by atoms with Crippen molar-refractivity contribution in [2.75, 3.05) is 47.5 Å². The Hall–Kier alpha value is -6.65. The van der Waals surface area contributed by atoms with Gasteiger partial charge in [0.15, 0.2) is 6.10 Å². The molecule has 0 aliphatic rings. The lowest BCUT2D eigenvalue weighted by molar-refractivity contribution is -0.870. The lowest BCUT2D eigenvalue weighted by Crippen LogP contribution is -2.40. The number of carboxylic acid groups (broad SMARTS) is 1. The van der Waals surface area contributed by atoms with Crippen LogP contribution in [0.15, 0.2) is 231 Å². The third-order valence-corrected chi connectivity index (χ3v) is 14.4. The van der Waals surface area contributed by atoms with E-state index in [1.807, 2.05) is 21.1 Å². The molecule has 0 bridgehead atoms. The Bertz CT molecular complexity index is 2420. The molecular formula is C86H132NO8+. The van der Waals surface area contributed by atoms with Crippen LogP contribution in [-0.2, 0) is 33.3 Å². The van der Waals surface area contributed by atoms with Gasteiger partial charge in [-0.1, -0.05) is 296 Å². The van der Waals surface area contributed by atoms with Gasteiger partial charge in [0.05, 0.1) is 34.4 Å². The SMILES string of the molecule is CC/C=C\C/C=C\C/C=C\C/C=C\C/C=C\C/C=C\C/C=C\C/C=C\C/C=C\C/C=C\CCCCCCCCCCCCC(=O)OC(COC(=O)CCC/C=C\C/C=C\C/C=C\C/C=C\C/C=C\C/C=C\C/C=C\C/C=C\C/C=C\CC)COC(OCC[N+](C)(C)C)C(=O)O. The molecule has 95 heavy (non-hydrogen) atoms. The number of hydrogen-bond acceptors (Lipinski definition) is 7. The highest BCUT2D eigenvalue weighted by Crippen LogP contribution is 2.14. The van der Waals surface area contributed by atoms with Gasteiger partial charge in [0.1, 0.15) is 13.2 Å². The Balaban J connectivity index is 4.27. The summed E-state index contributed by atoms with van der Waals surface area (Å²) in [7, 11) is 5.94. The molecular weight excluding hydrogens is 1170 g/mol. The molecule has 0 fully saturated rings. The zero-order chi connectivity index (χ0) is 69.0. The van der Waals surface area contributed by atoms with E-state index < -0.39 is 30.3 Å². The molecule has 9 heteroatoms. The van der Waals surface area contributed by atoms with Crippen molar-refractivity contribution in [3.8, 4) is 0 Å². The summed E-state index contributed by atoms with van der Waals surface area (Å²) in [4.78, 5) is 37.6. The van der Waals surface area contributed by atoms with E-state index in [-0.39, 0.29) is 32.7 Å². The molecule has 0 spiro atoms. The highest BCUT2D eigenvalue weighted by Gasteiger charge is 2.25. The lowest BCUT2D eigenvalue weighted by atomic mass is 10.0. The van der Waals surface area contributed by atoms with E-state index in [1.165, 1.54) is 38.5 Å². The molecule has 0 aromatic carbocycles. The number of carbonyl (C=O) groups excluding carboxylic acids is 2. The van der Waals surface area contributed by atoms with Crippen molar-refractivity contribution in [1.29, 1.82) is 0 Å². The Morgan fingerprint density at radius 3 is 0.874 bits per heavy atom. The number of rotatable bonds is 64. The van der Waals surface area contributed by atoms with E-state index >= 15 is 0 Å². The van der Waals surface area contributed by atoms with Crippen LogP contribution in [0.3, 0.4) is 0 Å². The Kier molecular flexibility index (Phi) is 68.0. The summed E-state index contributed by atoms with van der Waals surface area (Å²) in [6.07, 6.45) is 115. The molecule has 528 valence electrons. The Morgan fingerprint density at radius 1 is 0.316 bits per heavy atom. The molecule has 0 amide bonds. The fourth-order valence-electron chi connectivity index (χ4n) is 8.92. The van der Waals surface area contributed by atoms with Crippen LogP contribution in [-0.4, -0.2) is 87.4 Å². The summed E-state index contributed by atoms with van der Waals surface area (Å²) in [5, 5.41) is 9.75. The first kappa shape index (κ1) is 88.4. The number of nitrogens with zero attached hydrogens (tertiary/aromatic N) is 1. The molecule has 0 aromatic rings. The minimum absolute atomic E-state index is 0.165. The van der Waals surface area contributed by atoms with Gasteiger partial charge in [-0.05, 0) is 154 Å². The summed E-state index contributed by atoms with van der Waals surface area (Å²) in [6.45, 7) is 4.54. The van der Waals surface area contributed by atoms with Crippen molar-refractivity contribution in [3.05, 3.63) is 231 Å². The number of likely N-dealkylation sites (N-methyl/N-ethyl adjacent to an activating group) is 1. The number of hydrogen-bond donors (Lipinski definition) is 1. The van der Waals surface area contributed by atoms with Crippen molar-refractivity contribution in [1.82, 2.24) is 0 Å². The van der Waals surface area contributed by atoms with Gasteiger partial charge in [0, 0.05) is 12.8 Å². The highest BCUT2D eigenvalue weighted by molar-refractivity contribution is 5.71. The van der Waals surface area contributed by atoms with Crippen molar-refractivity contribution in [2.24, 2.45) is 0 Å². The van der Waals surface area contributed by atoms with E-state index in [9.17, 15) is 19.5 Å². The van der Waals surface area contributed by atoms with Crippen molar-refractivity contribution >= 4 is 17.9 Å². The van der Waals surface area contributed by atoms with Gasteiger partial charge in [-0.3, -0.25) is 9.59 Å². The Labute approximate surface area is 580 Å². The summed E-state index contributed by atoms with van der Waals surface area (Å²) in [5.74, 6) is -2.12. The molecule has 0 saturated heterocycles. The second kappa shape index (κ2) is 73.2. The first-order valence-electron chi connectivity index (χ1n) is 36.5. The number of carbonyl (C=O) groups is 3. The quantitative estimate of drug-likeness (QED) is 0.0211. The maximum atomic E-state index is 13.0. The lowest BCUT2D eigenvalue weighted by Gasteiger charge is -2.25. The molecule has 0 radical (unpaired) electrons. The van der Waals surface area contributed by atoms with Crippen LogP contribution in [0.1, 0.15) is 232 Å². The van der Waals surface area contributed by atoms with Gasteiger partial charge in [-0.25, -0.2) is 4.79 Å². The smallest absolute Gasteiger partial charge is 0.361 e. The van der Waals surface area contributed by atoms with Crippen LogP contribution in [0.2, 0.25) is 0 Å². The number of allylic oxidation sites excluding steroid dienone is 38. The monoisotopic (exact) mass is 1310 g/mol. The van der Waals surface area contributed by atoms with Gasteiger partial charge in [-0.15, -0.1) is 0 Å². The summed E-state index contributed by atoms with van der Waals surface area (Å²) in [6, 6.07) is 0. The number of aliphatic carboxylic acids is 1. The molecule has 0 aromatic heterocycles. The molecule has 0 aliphatic heterocycles. The van der Waals surface area contributed by atoms with Crippen LogP contribution >= 0.6 is 0 Å². The topological polar surface area (TPSA) is 108 Å². The van der Waals surface area contributed by atoms with E-state index in [2.05, 4.69) is 245 Å². The minimum atomic E-state index is -1.54. The van der Waals surface area contributed by atoms with Crippen LogP contribution in [0.4, 0.5) is 0 Å². The minimum Gasteiger partial charge on any atom is -0.477 e. The average Bonchev–Trinajstić information content (AvgIpc) is 3.54. The average molecular weight is 1310 g/mol. The fourth-order valence-corrected chi connectivity index (χ4v) is 8.92. The third kappa shape index (κ3) is 74.6. The van der Waals surface area contributed by atoms with Crippen LogP contribution in [0.5, 0.6) is 0 Å². The van der Waals surface area contributed by atoms with E-state index in [1.54, 1.807) is 0 Å². The predicted molar refractivity (Wildman–Crippen MR) is 409 cm³/mol. The number of carboxylic acids is 1. The maximum Gasteiger partial charge on any atom is 0.361 e. The maximum absolute atomic E-state index is 13.0. The molecule has 2 unspecified atom stereocenters. The predicted octanol–water partition coefficient (Wildman–Crippen LogP) is 23.5. The molecule has 0 saturated carbocycles. The van der Waals surface area contributed by atoms with E-state index in [0.29, 0.717) is 23.9 Å². The van der Waals surface area contributed by atoms with Crippen molar-refractivity contribution in [2.45, 2.75) is 245 Å². The van der Waals surface area contributed by atoms with Crippen molar-refractivity contribution in [3.63, 3.8) is 0 Å². The molecule has 0 aliphatic carbocycles. The second-order valence-corrected chi connectivity index (χ2v) is 24.4. The Morgan fingerprint density at radius 2 is 0.579 bits per heavy atom. The summed E-state index contributed by atoms with van der Waals surface area (Å²) in [5.41, 5.74) is 0. The van der Waals surface area contributed by atoms with Crippen molar-refractivity contribution < 1.29 is 42.9 Å². The fraction of sp³-hybridized carbons (Fsp3) is 0.523. The van der Waals surface area contributed by atoms with E-state index in [0.717, 1.165) is 154 Å². The summed E-state index contributed by atoms with van der Waals surface area (Å²) < 4.78 is 22.9. The zero-order valence-electron chi connectivity index (χ0n) is 60.2. The number of esters is 2. The molecule has 0 heterocycles. The first-order chi connectivity index (χ1) is 46.6. The normalized spacial score (nSPS) is 14.1. The second-order valence-electron chi connectivity index (χ2n) is 24.4. The highest BCUT2D eigenvalue weighted by atomic mass is 16.7. The number of unbranched alkanes of at least 4 members (excludes halogenated alkanes) is 11. The summed E-state index contributed by atoms with van der Waals surface area (Å²) >= 11 is 0. The van der Waals surface area contributed by atoms with Crippen LogP contribution in [0.25, 0.3) is 0 Å². The number of ether oxygens (including phenoxy) is 4. The first-order valence-corrected chi connectivity index (χ1v) is 36.5. The van der Waals surface area contributed by atoms with Gasteiger partial charge in [0.25, 0.3) is 6.29 Å².